The molecule has 13 heteroatoms. The van der Waals surface area contributed by atoms with E-state index in [9.17, 15) is 28.3 Å². The molecule has 216 valence electrons. The van der Waals surface area contributed by atoms with Gasteiger partial charge in [-0.15, -0.1) is 0 Å². The van der Waals surface area contributed by atoms with Gasteiger partial charge >= 0.3 is 6.18 Å². The molecule has 1 amide bonds. The Bertz CT molecular complexity index is 1240. The van der Waals surface area contributed by atoms with Gasteiger partial charge in [-0.25, -0.2) is 9.97 Å². The summed E-state index contributed by atoms with van der Waals surface area (Å²) in [5.41, 5.74) is -2.64. The van der Waals surface area contributed by atoms with E-state index in [2.05, 4.69) is 32.0 Å². The molecule has 0 aromatic carbocycles. The molecule has 1 saturated carbocycles. The summed E-state index contributed by atoms with van der Waals surface area (Å²) >= 11 is 6.46. The highest BCUT2D eigenvalue weighted by molar-refractivity contribution is 6.33. The van der Waals surface area contributed by atoms with E-state index >= 15 is 0 Å². The van der Waals surface area contributed by atoms with Crippen molar-refractivity contribution in [2.45, 2.75) is 69.3 Å². The first kappa shape index (κ1) is 29.8. The van der Waals surface area contributed by atoms with Gasteiger partial charge in [0.1, 0.15) is 11.6 Å². The highest BCUT2D eigenvalue weighted by atomic mass is 35.5. The predicted octanol–water partition coefficient (Wildman–Crippen LogP) is 4.68. The molecule has 2 aromatic heterocycles. The summed E-state index contributed by atoms with van der Waals surface area (Å²) in [5, 5.41) is 28.6. The van der Waals surface area contributed by atoms with Crippen molar-refractivity contribution in [1.29, 1.82) is 5.26 Å². The Morgan fingerprint density at radius 2 is 1.88 bits per heavy atom. The van der Waals surface area contributed by atoms with Gasteiger partial charge in [-0.1, -0.05) is 17.7 Å². The lowest BCUT2D eigenvalue weighted by molar-refractivity contribution is -0.245. The van der Waals surface area contributed by atoms with Gasteiger partial charge in [0.25, 0.3) is 5.91 Å². The molecule has 1 unspecified atom stereocenters. The molecule has 1 saturated heterocycles. The summed E-state index contributed by atoms with van der Waals surface area (Å²) in [6, 6.07) is 9.25. The lowest BCUT2D eigenvalue weighted by atomic mass is 9.82. The van der Waals surface area contributed by atoms with E-state index in [1.54, 1.807) is 6.07 Å². The Morgan fingerprint density at radius 3 is 2.52 bits per heavy atom. The van der Waals surface area contributed by atoms with Gasteiger partial charge in [-0.3, -0.25) is 4.79 Å². The molecular formula is C27H32ClF3N6O3. The Kier molecular flexibility index (Phi) is 9.07. The van der Waals surface area contributed by atoms with Crippen LogP contribution in [0.2, 0.25) is 5.02 Å². The average Bonchev–Trinajstić information content (AvgIpc) is 2.94. The standard InChI is InChI=1S/C27H32ClF3N6O3/c1-25(39,27(29,30)31)24(38)36-18-7-5-17(6-8-18)35-23-13-19(20(28)14-33-23)21-3-2-4-22(37-21)34-16-26(15-32)9-11-40-12-10-26/h2-4,13-14,17-18,39H,5-12,16H2,1H3,(H,33,35)(H,34,37)(H,36,38)/t17-,18-,25?. The number of alkyl halides is 3. The number of aromatic nitrogens is 2. The molecule has 0 bridgehead atoms. The Balaban J connectivity index is 1.36. The summed E-state index contributed by atoms with van der Waals surface area (Å²) in [6.45, 7) is 2.02. The van der Waals surface area contributed by atoms with Gasteiger partial charge < -0.3 is 25.8 Å². The second-order valence-electron chi connectivity index (χ2n) is 10.6. The van der Waals surface area contributed by atoms with E-state index in [-0.39, 0.29) is 6.04 Å². The number of halogens is 4. The number of nitriles is 1. The van der Waals surface area contributed by atoms with E-state index in [0.29, 0.717) is 93.1 Å². The van der Waals surface area contributed by atoms with Gasteiger partial charge in [0.15, 0.2) is 0 Å². The van der Waals surface area contributed by atoms with Crippen LogP contribution in [-0.4, -0.2) is 64.6 Å². The first-order valence-corrected chi connectivity index (χ1v) is 13.5. The van der Waals surface area contributed by atoms with Crippen LogP contribution in [0.1, 0.15) is 45.4 Å². The van der Waals surface area contributed by atoms with Crippen LogP contribution in [0.3, 0.4) is 0 Å². The number of carbonyl (C=O) groups excluding carboxylic acids is 1. The third kappa shape index (κ3) is 6.95. The van der Waals surface area contributed by atoms with Crippen LogP contribution in [0.25, 0.3) is 11.3 Å². The highest BCUT2D eigenvalue weighted by Crippen LogP contribution is 2.33. The molecule has 0 radical (unpaired) electrons. The number of hydrogen-bond donors (Lipinski definition) is 4. The predicted molar refractivity (Wildman–Crippen MR) is 144 cm³/mol. The number of rotatable bonds is 8. The van der Waals surface area contributed by atoms with Gasteiger partial charge in [-0.2, -0.15) is 18.4 Å². The number of ether oxygens (including phenoxy) is 1. The van der Waals surface area contributed by atoms with Crippen LogP contribution in [0, 0.1) is 16.7 Å². The van der Waals surface area contributed by atoms with E-state index in [1.165, 1.54) is 6.20 Å². The number of aliphatic hydroxyl groups is 1. The molecule has 1 aliphatic heterocycles. The second kappa shape index (κ2) is 12.2. The first-order valence-electron chi connectivity index (χ1n) is 13.1. The zero-order valence-electron chi connectivity index (χ0n) is 22.0. The molecule has 0 spiro atoms. The second-order valence-corrected chi connectivity index (χ2v) is 11.0. The van der Waals surface area contributed by atoms with Crippen molar-refractivity contribution in [2.75, 3.05) is 30.4 Å². The zero-order valence-corrected chi connectivity index (χ0v) is 22.8. The minimum absolute atomic E-state index is 0.0135. The minimum Gasteiger partial charge on any atom is -0.381 e. The molecule has 1 aliphatic carbocycles. The monoisotopic (exact) mass is 580 g/mol. The number of hydrogen-bond acceptors (Lipinski definition) is 8. The van der Waals surface area contributed by atoms with Crippen molar-refractivity contribution in [3.8, 4) is 17.3 Å². The number of nitrogens with one attached hydrogen (secondary N) is 3. The third-order valence-corrected chi connectivity index (χ3v) is 7.89. The maximum atomic E-state index is 12.9. The summed E-state index contributed by atoms with van der Waals surface area (Å²) in [4.78, 5) is 21.0. The SMILES string of the molecule is CC(O)(C(=O)N[C@H]1CC[C@H](Nc2cc(-c3cccc(NCC4(C#N)CCOCC4)n3)c(Cl)cn2)CC1)C(F)(F)F. The van der Waals surface area contributed by atoms with Gasteiger partial charge in [0.05, 0.1) is 22.2 Å². The normalized spacial score (nSPS) is 22.4. The molecule has 9 nitrogen and oxygen atoms in total. The Hall–Kier alpha value is -3.14. The summed E-state index contributed by atoms with van der Waals surface area (Å²) in [5.74, 6) is -0.260. The van der Waals surface area contributed by atoms with Crippen molar-refractivity contribution < 1.29 is 27.8 Å². The number of nitrogens with zero attached hydrogens (tertiary/aromatic N) is 3. The fraction of sp³-hybridized carbons (Fsp3) is 0.556. The van der Waals surface area contributed by atoms with Crippen LogP contribution < -0.4 is 16.0 Å². The Morgan fingerprint density at radius 1 is 1.20 bits per heavy atom. The van der Waals surface area contributed by atoms with Crippen LogP contribution in [0.15, 0.2) is 30.5 Å². The minimum atomic E-state index is -5.05. The summed E-state index contributed by atoms with van der Waals surface area (Å²) < 4.78 is 44.2. The molecule has 4 rings (SSSR count). The van der Waals surface area contributed by atoms with E-state index in [0.717, 1.165) is 0 Å². The Labute approximate surface area is 235 Å². The topological polar surface area (TPSA) is 132 Å². The van der Waals surface area contributed by atoms with Gasteiger partial charge in [0, 0.05) is 43.6 Å². The fourth-order valence-corrected chi connectivity index (χ4v) is 4.99. The largest absolute Gasteiger partial charge is 0.426 e. The third-order valence-electron chi connectivity index (χ3n) is 7.58. The van der Waals surface area contributed by atoms with Crippen molar-refractivity contribution in [3.63, 3.8) is 0 Å². The van der Waals surface area contributed by atoms with Crippen molar-refractivity contribution in [3.05, 3.63) is 35.5 Å². The van der Waals surface area contributed by atoms with Crippen LogP contribution in [-0.2, 0) is 9.53 Å². The highest BCUT2D eigenvalue weighted by Gasteiger charge is 2.56. The number of pyridine rings is 2. The fourth-order valence-electron chi connectivity index (χ4n) is 4.79. The molecule has 2 fully saturated rings. The molecule has 1 atom stereocenters. The van der Waals surface area contributed by atoms with Crippen LogP contribution >= 0.6 is 11.6 Å². The first-order chi connectivity index (χ1) is 18.9. The van der Waals surface area contributed by atoms with E-state index < -0.39 is 29.1 Å². The molecule has 3 heterocycles. The van der Waals surface area contributed by atoms with Crippen molar-refractivity contribution >= 4 is 29.1 Å². The summed E-state index contributed by atoms with van der Waals surface area (Å²) in [7, 11) is 0. The number of amides is 1. The quantitative estimate of drug-likeness (QED) is 0.354. The number of anilines is 2. The van der Waals surface area contributed by atoms with Crippen molar-refractivity contribution in [1.82, 2.24) is 15.3 Å². The zero-order chi connectivity index (χ0) is 29.0. The van der Waals surface area contributed by atoms with Crippen molar-refractivity contribution in [2.24, 2.45) is 5.41 Å². The lowest BCUT2D eigenvalue weighted by Crippen LogP contribution is -2.57. The lowest BCUT2D eigenvalue weighted by Gasteiger charge is -2.32. The summed E-state index contributed by atoms with van der Waals surface area (Å²) in [6.07, 6.45) is -0.147. The average molecular weight is 581 g/mol. The molecule has 4 N–H and O–H groups in total. The van der Waals surface area contributed by atoms with E-state index in [1.807, 2.05) is 18.2 Å². The molecule has 2 aliphatic rings. The van der Waals surface area contributed by atoms with Crippen LogP contribution in [0.4, 0.5) is 24.8 Å². The molecule has 40 heavy (non-hydrogen) atoms. The molecular weight excluding hydrogens is 549 g/mol. The van der Waals surface area contributed by atoms with Gasteiger partial charge in [0.2, 0.25) is 5.60 Å². The molecule has 2 aromatic rings. The van der Waals surface area contributed by atoms with Gasteiger partial charge in [-0.05, 0) is 63.6 Å². The number of carbonyl (C=O) groups is 1. The maximum Gasteiger partial charge on any atom is 0.426 e. The maximum absolute atomic E-state index is 12.9. The smallest absolute Gasteiger partial charge is 0.381 e. The van der Waals surface area contributed by atoms with E-state index in [4.69, 9.17) is 16.3 Å². The van der Waals surface area contributed by atoms with Crippen LogP contribution in [0.5, 0.6) is 0 Å².